The number of amides is 2. The van der Waals surface area contributed by atoms with Crippen LogP contribution in [0.5, 0.6) is 11.5 Å². The van der Waals surface area contributed by atoms with E-state index in [1.807, 2.05) is 30.3 Å². The Labute approximate surface area is 187 Å². The standard InChI is InChI=1S/C21H22BrN3O6/c22-19-10-15(31-25-19)11-23-20(28)16(8-14-6-7-17(26)18(27)9-14)24-21(29)30-12-13-4-2-1-3-5-13/h1-7,9,15-16,26-27H,8,10-12H2,(H,23,28)(H,24,29)/t15?,16-/m0/s1. The summed E-state index contributed by atoms with van der Waals surface area (Å²) in [7, 11) is 0. The number of nitrogens with zero attached hydrogens (tertiary/aromatic N) is 1. The first kappa shape index (κ1) is 22.4. The molecule has 0 saturated heterocycles. The minimum atomic E-state index is -0.974. The van der Waals surface area contributed by atoms with Crippen molar-refractivity contribution in [2.75, 3.05) is 6.54 Å². The third-order valence-corrected chi connectivity index (χ3v) is 4.97. The van der Waals surface area contributed by atoms with Crippen LogP contribution in [0.15, 0.2) is 53.7 Å². The van der Waals surface area contributed by atoms with E-state index in [0.717, 1.165) is 5.56 Å². The molecule has 0 radical (unpaired) electrons. The van der Waals surface area contributed by atoms with Crippen molar-refractivity contribution in [3.8, 4) is 11.5 Å². The third kappa shape index (κ3) is 6.88. The molecule has 31 heavy (non-hydrogen) atoms. The maximum absolute atomic E-state index is 12.7. The molecule has 0 aromatic heterocycles. The molecular weight excluding hydrogens is 470 g/mol. The number of carbonyl (C=O) groups excluding carboxylic acids is 2. The molecule has 2 atom stereocenters. The summed E-state index contributed by atoms with van der Waals surface area (Å²) in [4.78, 5) is 30.2. The van der Waals surface area contributed by atoms with Crippen LogP contribution >= 0.6 is 15.9 Å². The summed E-state index contributed by atoms with van der Waals surface area (Å²) in [6.45, 7) is 0.262. The van der Waals surface area contributed by atoms with Gasteiger partial charge in [-0.15, -0.1) is 0 Å². The van der Waals surface area contributed by atoms with Crippen LogP contribution in [0.2, 0.25) is 0 Å². The van der Waals surface area contributed by atoms with Crippen LogP contribution in [0.25, 0.3) is 0 Å². The molecule has 1 heterocycles. The lowest BCUT2D eigenvalue weighted by atomic mass is 10.0. The topological polar surface area (TPSA) is 129 Å². The Morgan fingerprint density at radius 3 is 2.61 bits per heavy atom. The minimum Gasteiger partial charge on any atom is -0.504 e. The number of rotatable bonds is 8. The zero-order valence-electron chi connectivity index (χ0n) is 16.5. The lowest BCUT2D eigenvalue weighted by Gasteiger charge is -2.19. The highest BCUT2D eigenvalue weighted by molar-refractivity contribution is 9.18. The Hall–Kier alpha value is -3.27. The average molecular weight is 492 g/mol. The van der Waals surface area contributed by atoms with Gasteiger partial charge in [0.25, 0.3) is 0 Å². The van der Waals surface area contributed by atoms with Gasteiger partial charge in [0, 0.05) is 12.8 Å². The number of ether oxygens (including phenoxy) is 1. The van der Waals surface area contributed by atoms with Gasteiger partial charge in [0.2, 0.25) is 5.91 Å². The number of benzene rings is 2. The molecule has 0 spiro atoms. The second-order valence-electron chi connectivity index (χ2n) is 6.93. The fourth-order valence-corrected chi connectivity index (χ4v) is 3.33. The van der Waals surface area contributed by atoms with Gasteiger partial charge in [0.15, 0.2) is 17.6 Å². The van der Waals surface area contributed by atoms with Gasteiger partial charge in [-0.05, 0) is 39.2 Å². The largest absolute Gasteiger partial charge is 0.504 e. The molecule has 1 unspecified atom stereocenters. The van der Waals surface area contributed by atoms with E-state index in [2.05, 4.69) is 31.7 Å². The highest BCUT2D eigenvalue weighted by Crippen LogP contribution is 2.25. The van der Waals surface area contributed by atoms with E-state index >= 15 is 0 Å². The van der Waals surface area contributed by atoms with Gasteiger partial charge in [0.1, 0.15) is 17.3 Å². The van der Waals surface area contributed by atoms with E-state index < -0.39 is 18.0 Å². The molecule has 164 valence electrons. The molecule has 0 aliphatic carbocycles. The lowest BCUT2D eigenvalue weighted by molar-refractivity contribution is -0.123. The number of phenols is 2. The van der Waals surface area contributed by atoms with Crippen molar-refractivity contribution in [1.82, 2.24) is 10.6 Å². The number of hydrogen-bond donors (Lipinski definition) is 4. The van der Waals surface area contributed by atoms with Crippen molar-refractivity contribution < 1.29 is 29.4 Å². The molecule has 0 fully saturated rings. The molecule has 2 aromatic rings. The Balaban J connectivity index is 1.61. The fourth-order valence-electron chi connectivity index (χ4n) is 2.89. The molecule has 3 rings (SSSR count). The molecule has 4 N–H and O–H groups in total. The highest BCUT2D eigenvalue weighted by Gasteiger charge is 2.25. The Morgan fingerprint density at radius 2 is 1.94 bits per heavy atom. The molecule has 0 bridgehead atoms. The molecule has 1 aliphatic heterocycles. The highest BCUT2D eigenvalue weighted by atomic mass is 79.9. The zero-order valence-corrected chi connectivity index (χ0v) is 18.0. The number of nitrogens with one attached hydrogen (secondary N) is 2. The number of hydrogen-bond acceptors (Lipinski definition) is 7. The van der Waals surface area contributed by atoms with Gasteiger partial charge in [-0.1, -0.05) is 41.6 Å². The van der Waals surface area contributed by atoms with Crippen LogP contribution < -0.4 is 10.6 Å². The minimum absolute atomic E-state index is 0.0578. The number of halogens is 1. The number of alkyl carbamates (subject to hydrolysis) is 1. The van der Waals surface area contributed by atoms with Crippen molar-refractivity contribution >= 4 is 32.6 Å². The number of oxime groups is 1. The second-order valence-corrected chi connectivity index (χ2v) is 7.85. The van der Waals surface area contributed by atoms with Crippen molar-refractivity contribution in [1.29, 1.82) is 0 Å². The van der Waals surface area contributed by atoms with Gasteiger partial charge < -0.3 is 30.4 Å². The summed E-state index contributed by atoms with van der Waals surface area (Å²) in [6, 6.07) is 12.4. The van der Waals surface area contributed by atoms with E-state index in [9.17, 15) is 19.8 Å². The van der Waals surface area contributed by atoms with E-state index in [1.165, 1.54) is 12.1 Å². The summed E-state index contributed by atoms with van der Waals surface area (Å²) in [5, 5.41) is 28.3. The second kappa shape index (κ2) is 10.7. The molecule has 2 amide bonds. The van der Waals surface area contributed by atoms with Gasteiger partial charge in [0.05, 0.1) is 6.54 Å². The summed E-state index contributed by atoms with van der Waals surface area (Å²) in [5.41, 5.74) is 1.35. The summed E-state index contributed by atoms with van der Waals surface area (Å²) in [5.74, 6) is -1.04. The first-order valence-electron chi connectivity index (χ1n) is 9.54. The smallest absolute Gasteiger partial charge is 0.408 e. The number of phenolic OH excluding ortho intramolecular Hbond substituents is 2. The third-order valence-electron chi connectivity index (χ3n) is 4.50. The quantitative estimate of drug-likeness (QED) is 0.420. The van der Waals surface area contributed by atoms with Gasteiger partial charge in [-0.2, -0.15) is 0 Å². The average Bonchev–Trinajstić information content (AvgIpc) is 3.18. The van der Waals surface area contributed by atoms with Crippen LogP contribution in [0.1, 0.15) is 17.5 Å². The zero-order chi connectivity index (χ0) is 22.2. The van der Waals surface area contributed by atoms with E-state index in [4.69, 9.17) is 9.57 Å². The lowest BCUT2D eigenvalue weighted by Crippen LogP contribution is -2.49. The Bertz CT molecular complexity index is 953. The van der Waals surface area contributed by atoms with E-state index in [0.29, 0.717) is 16.6 Å². The van der Waals surface area contributed by atoms with Crippen LogP contribution in [-0.4, -0.2) is 45.5 Å². The SMILES string of the molecule is O=C(N[C@@H](Cc1ccc(O)c(O)c1)C(=O)NCC1CC(Br)=NO1)OCc1ccccc1. The molecule has 2 aromatic carbocycles. The first-order chi connectivity index (χ1) is 14.9. The van der Waals surface area contributed by atoms with Gasteiger partial charge in [-0.3, -0.25) is 4.79 Å². The summed E-state index contributed by atoms with van der Waals surface area (Å²) >= 11 is 3.24. The number of carbonyl (C=O) groups is 2. The maximum Gasteiger partial charge on any atom is 0.408 e. The van der Waals surface area contributed by atoms with Crippen molar-refractivity contribution in [2.24, 2.45) is 5.16 Å². The number of aromatic hydroxyl groups is 2. The normalized spacial score (nSPS) is 16.0. The molecular formula is C21H22BrN3O6. The van der Waals surface area contributed by atoms with Gasteiger partial charge in [-0.25, -0.2) is 4.79 Å². The van der Waals surface area contributed by atoms with Crippen molar-refractivity contribution in [2.45, 2.75) is 31.6 Å². The Kier molecular flexibility index (Phi) is 7.71. The molecule has 1 aliphatic rings. The predicted octanol–water partition coefficient (Wildman–Crippen LogP) is 2.55. The van der Waals surface area contributed by atoms with Crippen LogP contribution in [-0.2, 0) is 27.4 Å². The summed E-state index contributed by atoms with van der Waals surface area (Å²) in [6.07, 6.45) is -0.452. The molecule has 0 saturated carbocycles. The molecule has 10 heteroatoms. The van der Waals surface area contributed by atoms with Crippen molar-refractivity contribution in [3.63, 3.8) is 0 Å². The van der Waals surface area contributed by atoms with Crippen LogP contribution in [0.3, 0.4) is 0 Å². The predicted molar refractivity (Wildman–Crippen MR) is 116 cm³/mol. The van der Waals surface area contributed by atoms with E-state index in [-0.39, 0.29) is 37.2 Å². The maximum atomic E-state index is 12.7. The fraction of sp³-hybridized carbons (Fsp3) is 0.286. The van der Waals surface area contributed by atoms with Crippen LogP contribution in [0, 0.1) is 0 Å². The van der Waals surface area contributed by atoms with E-state index in [1.54, 1.807) is 6.07 Å². The molecule has 9 nitrogen and oxygen atoms in total. The monoisotopic (exact) mass is 491 g/mol. The van der Waals surface area contributed by atoms with Crippen molar-refractivity contribution in [3.05, 3.63) is 59.7 Å². The Morgan fingerprint density at radius 1 is 1.16 bits per heavy atom. The summed E-state index contributed by atoms with van der Waals surface area (Å²) < 4.78 is 5.87. The van der Waals surface area contributed by atoms with Gasteiger partial charge >= 0.3 is 6.09 Å². The first-order valence-corrected chi connectivity index (χ1v) is 10.3. The van der Waals surface area contributed by atoms with Crippen LogP contribution in [0.4, 0.5) is 4.79 Å².